The SMILES string of the molecule is CCc1ccc2c(c1)NC(=O)C/C(=C/N(C)C)C2=O. The monoisotopic (exact) mass is 258 g/mol. The first-order valence-electron chi connectivity index (χ1n) is 6.36. The number of carbonyl (C=O) groups excluding carboxylic acids is 2. The molecule has 1 aliphatic rings. The number of fused-ring (bicyclic) bond motifs is 1. The first-order chi connectivity index (χ1) is 9.01. The smallest absolute Gasteiger partial charge is 0.229 e. The van der Waals surface area contributed by atoms with Gasteiger partial charge in [0.05, 0.1) is 12.1 Å². The maximum Gasteiger partial charge on any atom is 0.229 e. The van der Waals surface area contributed by atoms with Crippen LogP contribution in [0.4, 0.5) is 5.69 Å². The Hall–Kier alpha value is -2.10. The largest absolute Gasteiger partial charge is 0.383 e. The number of nitrogens with zero attached hydrogens (tertiary/aromatic N) is 1. The molecule has 0 fully saturated rings. The number of Topliss-reactive ketones (excluding diaryl/α,β-unsaturated/α-hetero) is 1. The van der Waals surface area contributed by atoms with Crippen molar-refractivity contribution in [2.24, 2.45) is 0 Å². The fourth-order valence-electron chi connectivity index (χ4n) is 2.15. The lowest BCUT2D eigenvalue weighted by Crippen LogP contribution is -2.12. The number of nitrogens with one attached hydrogen (secondary N) is 1. The van der Waals surface area contributed by atoms with Crippen molar-refractivity contribution in [3.8, 4) is 0 Å². The normalized spacial score (nSPS) is 16.9. The summed E-state index contributed by atoms with van der Waals surface area (Å²) in [6.45, 7) is 2.04. The maximum atomic E-state index is 12.4. The Bertz CT molecular complexity index is 559. The van der Waals surface area contributed by atoms with Crippen LogP contribution in [0.1, 0.15) is 29.3 Å². The fraction of sp³-hybridized carbons (Fsp3) is 0.333. The predicted molar refractivity (Wildman–Crippen MR) is 75.2 cm³/mol. The molecule has 1 aromatic rings. The highest BCUT2D eigenvalue weighted by molar-refractivity contribution is 6.18. The summed E-state index contributed by atoms with van der Waals surface area (Å²) in [6, 6.07) is 5.61. The van der Waals surface area contributed by atoms with Crippen molar-refractivity contribution in [3.05, 3.63) is 41.1 Å². The summed E-state index contributed by atoms with van der Waals surface area (Å²) in [6.07, 6.45) is 2.70. The summed E-state index contributed by atoms with van der Waals surface area (Å²) in [4.78, 5) is 26.1. The Balaban J connectivity index is 2.50. The number of benzene rings is 1. The summed E-state index contributed by atoms with van der Waals surface area (Å²) >= 11 is 0. The summed E-state index contributed by atoms with van der Waals surface area (Å²) < 4.78 is 0. The molecule has 0 aromatic heterocycles. The molecular weight excluding hydrogens is 240 g/mol. The highest BCUT2D eigenvalue weighted by Crippen LogP contribution is 2.26. The second kappa shape index (κ2) is 5.26. The fourth-order valence-corrected chi connectivity index (χ4v) is 2.15. The Kier molecular flexibility index (Phi) is 3.69. The minimum absolute atomic E-state index is 0.0790. The highest BCUT2D eigenvalue weighted by atomic mass is 16.2. The minimum atomic E-state index is -0.145. The lowest BCUT2D eigenvalue weighted by molar-refractivity contribution is -0.115. The Morgan fingerprint density at radius 3 is 2.68 bits per heavy atom. The van der Waals surface area contributed by atoms with E-state index in [4.69, 9.17) is 0 Å². The topological polar surface area (TPSA) is 49.4 Å². The van der Waals surface area contributed by atoms with Crippen LogP contribution in [0, 0.1) is 0 Å². The quantitative estimate of drug-likeness (QED) is 0.827. The van der Waals surface area contributed by atoms with Gasteiger partial charge in [-0.3, -0.25) is 9.59 Å². The number of rotatable bonds is 2. The molecule has 19 heavy (non-hydrogen) atoms. The van der Waals surface area contributed by atoms with Crippen molar-refractivity contribution in [1.29, 1.82) is 0 Å². The molecule has 100 valence electrons. The van der Waals surface area contributed by atoms with E-state index in [9.17, 15) is 9.59 Å². The molecule has 4 heteroatoms. The molecule has 1 amide bonds. The zero-order chi connectivity index (χ0) is 14.0. The van der Waals surface area contributed by atoms with Gasteiger partial charge in [0, 0.05) is 31.4 Å². The van der Waals surface area contributed by atoms with Crippen molar-refractivity contribution in [2.45, 2.75) is 19.8 Å². The number of carbonyl (C=O) groups is 2. The van der Waals surface area contributed by atoms with E-state index in [-0.39, 0.29) is 18.1 Å². The van der Waals surface area contributed by atoms with Crippen LogP contribution in [0.5, 0.6) is 0 Å². The average Bonchev–Trinajstić information content (AvgIpc) is 2.46. The van der Waals surface area contributed by atoms with Crippen LogP contribution in [-0.4, -0.2) is 30.7 Å². The van der Waals surface area contributed by atoms with Gasteiger partial charge in [0.25, 0.3) is 0 Å². The number of amides is 1. The standard InChI is InChI=1S/C15H18N2O2/c1-4-10-5-6-12-13(7-10)16-14(18)8-11(15(12)19)9-17(2)3/h5-7,9H,4,8H2,1-3H3,(H,16,18)/b11-9-. The summed E-state index contributed by atoms with van der Waals surface area (Å²) in [5.74, 6) is -0.224. The molecule has 0 bridgehead atoms. The van der Waals surface area contributed by atoms with Crippen LogP contribution in [0.25, 0.3) is 0 Å². The van der Waals surface area contributed by atoms with Crippen molar-refractivity contribution >= 4 is 17.4 Å². The van der Waals surface area contributed by atoms with Gasteiger partial charge < -0.3 is 10.2 Å². The molecule has 1 N–H and O–H groups in total. The Morgan fingerprint density at radius 1 is 1.32 bits per heavy atom. The summed E-state index contributed by atoms with van der Waals surface area (Å²) in [7, 11) is 3.67. The molecule has 1 aliphatic heterocycles. The van der Waals surface area contributed by atoms with Gasteiger partial charge in [-0.25, -0.2) is 0 Å². The number of hydrogen-bond donors (Lipinski definition) is 1. The van der Waals surface area contributed by atoms with Crippen LogP contribution in [0.3, 0.4) is 0 Å². The van der Waals surface area contributed by atoms with Gasteiger partial charge in [-0.1, -0.05) is 13.0 Å². The van der Waals surface area contributed by atoms with Gasteiger partial charge in [0.15, 0.2) is 5.78 Å². The van der Waals surface area contributed by atoms with Gasteiger partial charge in [-0.2, -0.15) is 0 Å². The van der Waals surface area contributed by atoms with E-state index in [1.165, 1.54) is 0 Å². The molecule has 0 saturated heterocycles. The lowest BCUT2D eigenvalue weighted by atomic mass is 10.00. The first kappa shape index (κ1) is 13.3. The number of anilines is 1. The van der Waals surface area contributed by atoms with E-state index in [1.54, 1.807) is 17.2 Å². The zero-order valence-electron chi connectivity index (χ0n) is 11.5. The van der Waals surface area contributed by atoms with E-state index in [0.717, 1.165) is 12.0 Å². The summed E-state index contributed by atoms with van der Waals surface area (Å²) in [5, 5.41) is 2.81. The highest BCUT2D eigenvalue weighted by Gasteiger charge is 2.24. The van der Waals surface area contributed by atoms with E-state index in [2.05, 4.69) is 5.32 Å². The molecule has 1 heterocycles. The minimum Gasteiger partial charge on any atom is -0.383 e. The van der Waals surface area contributed by atoms with Gasteiger partial charge in [0.1, 0.15) is 0 Å². The molecule has 0 atom stereocenters. The van der Waals surface area contributed by atoms with Crippen LogP contribution in [-0.2, 0) is 11.2 Å². The van der Waals surface area contributed by atoms with E-state index < -0.39 is 0 Å². The Morgan fingerprint density at radius 2 is 2.05 bits per heavy atom. The first-order valence-corrected chi connectivity index (χ1v) is 6.36. The van der Waals surface area contributed by atoms with Gasteiger partial charge in [-0.15, -0.1) is 0 Å². The number of ketones is 1. The zero-order valence-corrected chi connectivity index (χ0v) is 11.5. The van der Waals surface area contributed by atoms with E-state index in [0.29, 0.717) is 16.8 Å². The second-order valence-corrected chi connectivity index (χ2v) is 4.91. The van der Waals surface area contributed by atoms with Crippen molar-refractivity contribution in [3.63, 3.8) is 0 Å². The third kappa shape index (κ3) is 2.84. The lowest BCUT2D eigenvalue weighted by Gasteiger charge is -2.09. The van der Waals surface area contributed by atoms with Crippen LogP contribution >= 0.6 is 0 Å². The molecule has 0 spiro atoms. The Labute approximate surface area is 113 Å². The van der Waals surface area contributed by atoms with Crippen LogP contribution in [0.15, 0.2) is 30.0 Å². The average molecular weight is 258 g/mol. The molecule has 0 aliphatic carbocycles. The van der Waals surface area contributed by atoms with E-state index in [1.807, 2.05) is 33.2 Å². The van der Waals surface area contributed by atoms with Crippen molar-refractivity contribution in [2.75, 3.05) is 19.4 Å². The van der Waals surface area contributed by atoms with Crippen LogP contribution in [0.2, 0.25) is 0 Å². The second-order valence-electron chi connectivity index (χ2n) is 4.91. The molecule has 0 unspecified atom stereocenters. The van der Waals surface area contributed by atoms with Crippen LogP contribution < -0.4 is 5.32 Å². The predicted octanol–water partition coefficient (Wildman–Crippen LogP) is 2.22. The number of aryl methyl sites for hydroxylation is 1. The molecular formula is C15H18N2O2. The molecule has 4 nitrogen and oxygen atoms in total. The molecule has 0 radical (unpaired) electrons. The molecule has 1 aromatic carbocycles. The van der Waals surface area contributed by atoms with Gasteiger partial charge in [-0.05, 0) is 24.1 Å². The van der Waals surface area contributed by atoms with Crippen molar-refractivity contribution < 1.29 is 9.59 Å². The van der Waals surface area contributed by atoms with Crippen molar-refractivity contribution in [1.82, 2.24) is 4.90 Å². The van der Waals surface area contributed by atoms with Gasteiger partial charge in [0.2, 0.25) is 5.91 Å². The number of hydrogen-bond acceptors (Lipinski definition) is 3. The van der Waals surface area contributed by atoms with Gasteiger partial charge >= 0.3 is 0 Å². The maximum absolute atomic E-state index is 12.4. The van der Waals surface area contributed by atoms with E-state index >= 15 is 0 Å². The third-order valence-electron chi connectivity index (χ3n) is 3.07. The summed E-state index contributed by atoms with van der Waals surface area (Å²) in [5.41, 5.74) is 2.81. The molecule has 2 rings (SSSR count). The molecule has 0 saturated carbocycles. The third-order valence-corrected chi connectivity index (χ3v) is 3.07.